The van der Waals surface area contributed by atoms with E-state index < -0.39 is 6.43 Å². The monoisotopic (exact) mass is 186 g/mol. The molecule has 4 N–H and O–H groups in total. The average Bonchev–Trinajstić information content (AvgIpc) is 2.03. The predicted octanol–water partition coefficient (Wildman–Crippen LogP) is 2.23. The average molecular weight is 186 g/mol. The molecular formula is C9H12F2N2. The number of nitrogens with two attached hydrogens (primary N) is 2. The van der Waals surface area contributed by atoms with E-state index in [0.717, 1.165) is 0 Å². The lowest BCUT2D eigenvalue weighted by atomic mass is 10.0. The Labute approximate surface area is 75.5 Å². The summed E-state index contributed by atoms with van der Waals surface area (Å²) < 4.78 is 24.6. The Morgan fingerprint density at radius 3 is 2.15 bits per heavy atom. The van der Waals surface area contributed by atoms with Gasteiger partial charge in [-0.1, -0.05) is 0 Å². The Kier molecular flexibility index (Phi) is 2.83. The van der Waals surface area contributed by atoms with Gasteiger partial charge in [-0.3, -0.25) is 0 Å². The summed E-state index contributed by atoms with van der Waals surface area (Å²) in [5.41, 5.74) is 11.9. The van der Waals surface area contributed by atoms with Gasteiger partial charge in [-0.15, -0.1) is 0 Å². The van der Waals surface area contributed by atoms with Gasteiger partial charge in [0.2, 0.25) is 0 Å². The molecule has 13 heavy (non-hydrogen) atoms. The summed E-state index contributed by atoms with van der Waals surface area (Å²) in [7, 11) is 0. The van der Waals surface area contributed by atoms with Crippen molar-refractivity contribution in [2.75, 3.05) is 5.73 Å². The lowest BCUT2D eigenvalue weighted by molar-refractivity contribution is 0.151. The maximum Gasteiger partial charge on any atom is 0.263 e. The molecule has 0 saturated heterocycles. The van der Waals surface area contributed by atoms with E-state index in [1.54, 1.807) is 13.0 Å². The van der Waals surface area contributed by atoms with E-state index >= 15 is 0 Å². The fourth-order valence-corrected chi connectivity index (χ4v) is 1.09. The Morgan fingerprint density at radius 2 is 1.69 bits per heavy atom. The summed E-state index contributed by atoms with van der Waals surface area (Å²) in [6.07, 6.45) is -2.50. The molecule has 2 nitrogen and oxygen atoms in total. The number of anilines is 1. The van der Waals surface area contributed by atoms with Gasteiger partial charge in [-0.05, 0) is 30.7 Å². The fraction of sp³-hybridized carbons (Fsp3) is 0.333. The molecule has 0 aliphatic rings. The van der Waals surface area contributed by atoms with E-state index in [-0.39, 0.29) is 11.6 Å². The SMILES string of the molecule is C[C@@H](N)c1cc(N)cc(C(F)F)c1. The first kappa shape index (κ1) is 9.92. The highest BCUT2D eigenvalue weighted by Gasteiger charge is 2.10. The third kappa shape index (κ3) is 2.39. The van der Waals surface area contributed by atoms with Crippen LogP contribution in [0, 0.1) is 0 Å². The van der Waals surface area contributed by atoms with Gasteiger partial charge >= 0.3 is 0 Å². The van der Waals surface area contributed by atoms with Crippen LogP contribution < -0.4 is 11.5 Å². The fourth-order valence-electron chi connectivity index (χ4n) is 1.09. The quantitative estimate of drug-likeness (QED) is 0.696. The van der Waals surface area contributed by atoms with Crippen LogP contribution >= 0.6 is 0 Å². The highest BCUT2D eigenvalue weighted by Crippen LogP contribution is 2.24. The molecule has 0 radical (unpaired) electrons. The van der Waals surface area contributed by atoms with Crippen molar-refractivity contribution < 1.29 is 8.78 Å². The first-order valence-corrected chi connectivity index (χ1v) is 3.95. The van der Waals surface area contributed by atoms with Gasteiger partial charge < -0.3 is 11.5 Å². The second-order valence-electron chi connectivity index (χ2n) is 3.02. The number of nitrogen functional groups attached to an aromatic ring is 1. The smallest absolute Gasteiger partial charge is 0.263 e. The lowest BCUT2D eigenvalue weighted by Crippen LogP contribution is -2.06. The summed E-state index contributed by atoms with van der Waals surface area (Å²) in [5.74, 6) is 0. The number of hydrogen-bond acceptors (Lipinski definition) is 2. The van der Waals surface area contributed by atoms with Crippen molar-refractivity contribution in [1.29, 1.82) is 0 Å². The van der Waals surface area contributed by atoms with E-state index in [2.05, 4.69) is 0 Å². The van der Waals surface area contributed by atoms with E-state index in [1.807, 2.05) is 0 Å². The van der Waals surface area contributed by atoms with Gasteiger partial charge in [-0.2, -0.15) is 0 Å². The zero-order valence-corrected chi connectivity index (χ0v) is 7.30. The Balaban J connectivity index is 3.11. The van der Waals surface area contributed by atoms with Crippen molar-refractivity contribution >= 4 is 5.69 Å². The third-order valence-corrected chi connectivity index (χ3v) is 1.78. The molecule has 0 bridgehead atoms. The molecule has 4 heteroatoms. The molecule has 0 amide bonds. The van der Waals surface area contributed by atoms with Crippen LogP contribution in [-0.4, -0.2) is 0 Å². The minimum absolute atomic E-state index is 0.0766. The van der Waals surface area contributed by atoms with Crippen molar-refractivity contribution in [2.45, 2.75) is 19.4 Å². The molecule has 0 fully saturated rings. The summed E-state index contributed by atoms with van der Waals surface area (Å²) in [6.45, 7) is 1.73. The van der Waals surface area contributed by atoms with Gasteiger partial charge in [0.25, 0.3) is 6.43 Å². The minimum Gasteiger partial charge on any atom is -0.399 e. The molecule has 0 aliphatic carbocycles. The maximum atomic E-state index is 12.3. The van der Waals surface area contributed by atoms with Crippen LogP contribution in [0.3, 0.4) is 0 Å². The van der Waals surface area contributed by atoms with Crippen molar-refractivity contribution in [1.82, 2.24) is 0 Å². The number of hydrogen-bond donors (Lipinski definition) is 2. The normalized spacial score (nSPS) is 13.3. The van der Waals surface area contributed by atoms with E-state index in [1.165, 1.54) is 12.1 Å². The zero-order chi connectivity index (χ0) is 10.0. The van der Waals surface area contributed by atoms with E-state index in [9.17, 15) is 8.78 Å². The van der Waals surface area contributed by atoms with Gasteiger partial charge in [0.1, 0.15) is 0 Å². The maximum absolute atomic E-state index is 12.3. The number of benzene rings is 1. The van der Waals surface area contributed by atoms with Crippen LogP contribution in [0.4, 0.5) is 14.5 Å². The molecular weight excluding hydrogens is 174 g/mol. The lowest BCUT2D eigenvalue weighted by Gasteiger charge is -2.09. The van der Waals surface area contributed by atoms with Crippen molar-refractivity contribution in [2.24, 2.45) is 5.73 Å². The van der Waals surface area contributed by atoms with Gasteiger partial charge in [-0.25, -0.2) is 8.78 Å². The van der Waals surface area contributed by atoms with E-state index in [0.29, 0.717) is 11.3 Å². The second-order valence-corrected chi connectivity index (χ2v) is 3.02. The van der Waals surface area contributed by atoms with Crippen molar-refractivity contribution in [3.05, 3.63) is 29.3 Å². The molecule has 0 heterocycles. The second kappa shape index (κ2) is 3.70. The molecule has 1 aromatic rings. The van der Waals surface area contributed by atoms with Crippen LogP contribution in [0.1, 0.15) is 30.5 Å². The Hall–Kier alpha value is -1.16. The van der Waals surface area contributed by atoms with Crippen LogP contribution in [0.15, 0.2) is 18.2 Å². The van der Waals surface area contributed by atoms with Crippen molar-refractivity contribution in [3.63, 3.8) is 0 Å². The third-order valence-electron chi connectivity index (χ3n) is 1.78. The van der Waals surface area contributed by atoms with Crippen LogP contribution in [0.25, 0.3) is 0 Å². The first-order chi connectivity index (χ1) is 6.00. The largest absolute Gasteiger partial charge is 0.399 e. The van der Waals surface area contributed by atoms with E-state index in [4.69, 9.17) is 11.5 Å². The molecule has 72 valence electrons. The number of halogens is 2. The zero-order valence-electron chi connectivity index (χ0n) is 7.30. The highest BCUT2D eigenvalue weighted by molar-refractivity contribution is 5.45. The minimum atomic E-state index is -2.50. The molecule has 0 aromatic heterocycles. The Bertz CT molecular complexity index is 271. The summed E-state index contributed by atoms with van der Waals surface area (Å²) in [4.78, 5) is 0. The van der Waals surface area contributed by atoms with Crippen LogP contribution in [-0.2, 0) is 0 Å². The van der Waals surface area contributed by atoms with Gasteiger partial charge in [0.05, 0.1) is 0 Å². The highest BCUT2D eigenvalue weighted by atomic mass is 19.3. The molecule has 1 atom stereocenters. The number of alkyl halides is 2. The Morgan fingerprint density at radius 1 is 1.15 bits per heavy atom. The standard InChI is InChI=1S/C9H12F2N2/c1-5(12)6-2-7(9(10)11)4-8(13)3-6/h2-5,9H,12-13H2,1H3/t5-/m1/s1. The topological polar surface area (TPSA) is 52.0 Å². The first-order valence-electron chi connectivity index (χ1n) is 3.95. The number of rotatable bonds is 2. The van der Waals surface area contributed by atoms with Crippen LogP contribution in [0.2, 0.25) is 0 Å². The summed E-state index contributed by atoms with van der Waals surface area (Å²) in [5, 5.41) is 0. The molecule has 0 aliphatic heterocycles. The molecule has 1 rings (SSSR count). The predicted molar refractivity (Wildman–Crippen MR) is 48.4 cm³/mol. The molecule has 0 unspecified atom stereocenters. The van der Waals surface area contributed by atoms with Crippen LogP contribution in [0.5, 0.6) is 0 Å². The van der Waals surface area contributed by atoms with Gasteiger partial charge in [0, 0.05) is 17.3 Å². The molecule has 1 aromatic carbocycles. The molecule has 0 saturated carbocycles. The molecule has 0 spiro atoms. The van der Waals surface area contributed by atoms with Gasteiger partial charge in [0.15, 0.2) is 0 Å². The summed E-state index contributed by atoms with van der Waals surface area (Å²) >= 11 is 0. The summed E-state index contributed by atoms with van der Waals surface area (Å²) in [6, 6.07) is 3.97. The van der Waals surface area contributed by atoms with Crippen molar-refractivity contribution in [3.8, 4) is 0 Å².